The minimum atomic E-state index is -1.19. The second-order valence-electron chi connectivity index (χ2n) is 8.12. The first-order valence-electron chi connectivity index (χ1n) is 11.3. The number of hydrogen-bond donors (Lipinski definition) is 0. The Morgan fingerprint density at radius 3 is 2.38 bits per heavy atom. The number of carbonyl (C=O) groups excluding carboxylic acids is 2. The Morgan fingerprint density at radius 1 is 1.14 bits per heavy atom. The summed E-state index contributed by atoms with van der Waals surface area (Å²) in [4.78, 5) is 25.0. The number of carbonyl (C=O) groups is 2. The van der Waals surface area contributed by atoms with Gasteiger partial charge in [0.05, 0.1) is 19.3 Å². The van der Waals surface area contributed by atoms with Crippen LogP contribution in [-0.4, -0.2) is 44.2 Å². The van der Waals surface area contributed by atoms with E-state index in [1.54, 1.807) is 13.8 Å². The van der Waals surface area contributed by atoms with Crippen molar-refractivity contribution in [3.63, 3.8) is 0 Å². The zero-order valence-corrected chi connectivity index (χ0v) is 18.5. The summed E-state index contributed by atoms with van der Waals surface area (Å²) in [6, 6.07) is 0. The van der Waals surface area contributed by atoms with E-state index in [0.717, 1.165) is 45.1 Å². The van der Waals surface area contributed by atoms with Gasteiger partial charge in [-0.15, -0.1) is 0 Å². The quantitative estimate of drug-likeness (QED) is 0.270. The van der Waals surface area contributed by atoms with E-state index in [9.17, 15) is 9.59 Å². The zero-order valence-electron chi connectivity index (χ0n) is 18.5. The highest BCUT2D eigenvalue weighted by atomic mass is 16.7. The van der Waals surface area contributed by atoms with Crippen molar-refractivity contribution in [1.29, 1.82) is 0 Å². The van der Waals surface area contributed by atoms with Gasteiger partial charge in [-0.2, -0.15) is 0 Å². The van der Waals surface area contributed by atoms with Gasteiger partial charge in [0.25, 0.3) is 0 Å². The lowest BCUT2D eigenvalue weighted by Crippen LogP contribution is -2.32. The largest absolute Gasteiger partial charge is 0.465 e. The van der Waals surface area contributed by atoms with Crippen molar-refractivity contribution in [1.82, 2.24) is 0 Å². The number of allylic oxidation sites excluding steroid dienone is 1. The fraction of sp³-hybridized carbons (Fsp3) is 0.826. The molecule has 2 rings (SSSR count). The van der Waals surface area contributed by atoms with Gasteiger partial charge in [-0.3, -0.25) is 9.59 Å². The lowest BCUT2D eigenvalue weighted by molar-refractivity contribution is -0.187. The van der Waals surface area contributed by atoms with E-state index >= 15 is 0 Å². The fourth-order valence-electron chi connectivity index (χ4n) is 3.89. The van der Waals surface area contributed by atoms with Crippen LogP contribution < -0.4 is 0 Å². The van der Waals surface area contributed by atoms with Crippen LogP contribution in [0.2, 0.25) is 0 Å². The number of esters is 2. The molecule has 0 bridgehead atoms. The predicted octanol–water partition coefficient (Wildman–Crippen LogP) is 4.41. The van der Waals surface area contributed by atoms with Crippen molar-refractivity contribution in [2.75, 3.05) is 19.8 Å². The molecule has 1 saturated carbocycles. The van der Waals surface area contributed by atoms with Crippen LogP contribution in [0.3, 0.4) is 0 Å². The third-order valence-electron chi connectivity index (χ3n) is 5.85. The highest BCUT2D eigenvalue weighted by Crippen LogP contribution is 2.55. The van der Waals surface area contributed by atoms with E-state index in [1.807, 2.05) is 12.2 Å². The molecule has 2 aliphatic rings. The van der Waals surface area contributed by atoms with Crippen molar-refractivity contribution in [2.45, 2.75) is 85.0 Å². The molecular weight excluding hydrogens is 372 g/mol. The Morgan fingerprint density at radius 2 is 1.83 bits per heavy atom. The molecule has 1 aliphatic carbocycles. The second kappa shape index (κ2) is 11.7. The van der Waals surface area contributed by atoms with Crippen LogP contribution in [-0.2, 0) is 28.5 Å². The van der Waals surface area contributed by atoms with Crippen molar-refractivity contribution in [3.05, 3.63) is 12.2 Å². The zero-order chi connectivity index (χ0) is 21.3. The van der Waals surface area contributed by atoms with Crippen LogP contribution in [0.15, 0.2) is 12.2 Å². The van der Waals surface area contributed by atoms with Crippen LogP contribution in [0.4, 0.5) is 0 Å². The standard InChI is InChI=1S/C23H38O6/c1-5-8-11-17(4)19(29-20-12-9-10-15-28-20)14-13-18-16-23(18,21(24)26-6-2)22(25)27-7-3/h13-14,17-20H,5-12,15-16H2,1-4H3/b14-13+. The Hall–Kier alpha value is -1.40. The highest BCUT2D eigenvalue weighted by Gasteiger charge is 2.67. The van der Waals surface area contributed by atoms with E-state index in [2.05, 4.69) is 13.8 Å². The SMILES string of the molecule is CCCCC(C)C(/C=C/C1CC1(C(=O)OCC)C(=O)OCC)OC1CCCCO1. The molecule has 166 valence electrons. The highest BCUT2D eigenvalue weighted by molar-refractivity contribution is 6.04. The molecule has 0 N–H and O–H groups in total. The van der Waals surface area contributed by atoms with E-state index in [1.165, 1.54) is 0 Å². The van der Waals surface area contributed by atoms with E-state index in [-0.39, 0.29) is 31.5 Å². The van der Waals surface area contributed by atoms with Gasteiger partial charge in [-0.25, -0.2) is 0 Å². The van der Waals surface area contributed by atoms with Crippen LogP contribution in [0.25, 0.3) is 0 Å². The lowest BCUT2D eigenvalue weighted by atomic mass is 9.96. The van der Waals surface area contributed by atoms with Gasteiger partial charge < -0.3 is 18.9 Å². The van der Waals surface area contributed by atoms with Crippen molar-refractivity contribution < 1.29 is 28.5 Å². The molecule has 0 amide bonds. The molecule has 4 unspecified atom stereocenters. The van der Waals surface area contributed by atoms with Crippen LogP contribution in [0, 0.1) is 17.3 Å². The summed E-state index contributed by atoms with van der Waals surface area (Å²) in [5, 5.41) is 0. The summed E-state index contributed by atoms with van der Waals surface area (Å²) in [7, 11) is 0. The molecule has 6 heteroatoms. The first-order valence-corrected chi connectivity index (χ1v) is 11.3. The van der Waals surface area contributed by atoms with Gasteiger partial charge in [0.15, 0.2) is 11.7 Å². The van der Waals surface area contributed by atoms with Gasteiger partial charge >= 0.3 is 11.9 Å². The first-order chi connectivity index (χ1) is 14.0. The topological polar surface area (TPSA) is 71.1 Å². The van der Waals surface area contributed by atoms with Gasteiger partial charge in [0, 0.05) is 12.5 Å². The Kier molecular flexibility index (Phi) is 9.63. The number of unbranched alkanes of at least 4 members (excludes halogenated alkanes) is 1. The van der Waals surface area contributed by atoms with Crippen LogP contribution in [0.1, 0.15) is 72.6 Å². The summed E-state index contributed by atoms with van der Waals surface area (Å²) in [5.74, 6) is -0.854. The fourth-order valence-corrected chi connectivity index (χ4v) is 3.89. The summed E-state index contributed by atoms with van der Waals surface area (Å²) in [6.07, 6.45) is 10.5. The van der Waals surface area contributed by atoms with Crippen molar-refractivity contribution in [3.8, 4) is 0 Å². The lowest BCUT2D eigenvalue weighted by Gasteiger charge is -2.29. The minimum absolute atomic E-state index is 0.104. The molecule has 4 atom stereocenters. The maximum atomic E-state index is 12.5. The maximum absolute atomic E-state index is 12.5. The molecule has 2 fully saturated rings. The molecule has 6 nitrogen and oxygen atoms in total. The minimum Gasteiger partial charge on any atom is -0.465 e. The van der Waals surface area contributed by atoms with Crippen molar-refractivity contribution in [2.24, 2.45) is 17.3 Å². The van der Waals surface area contributed by atoms with Gasteiger partial charge in [-0.05, 0) is 51.9 Å². The molecule has 1 saturated heterocycles. The summed E-state index contributed by atoms with van der Waals surface area (Å²) < 4.78 is 22.4. The smallest absolute Gasteiger partial charge is 0.324 e. The molecule has 0 aromatic carbocycles. The van der Waals surface area contributed by atoms with Gasteiger partial charge in [0.2, 0.25) is 0 Å². The molecular formula is C23H38O6. The van der Waals surface area contributed by atoms with Gasteiger partial charge in [-0.1, -0.05) is 38.8 Å². The van der Waals surface area contributed by atoms with E-state index < -0.39 is 17.4 Å². The normalized spacial score (nSPS) is 25.4. The molecule has 0 spiro atoms. The van der Waals surface area contributed by atoms with Crippen LogP contribution in [0.5, 0.6) is 0 Å². The first kappa shape index (κ1) is 23.9. The average Bonchev–Trinajstić information content (AvgIpc) is 3.46. The molecule has 1 aliphatic heterocycles. The average molecular weight is 411 g/mol. The Balaban J connectivity index is 2.08. The number of hydrogen-bond acceptors (Lipinski definition) is 6. The summed E-state index contributed by atoms with van der Waals surface area (Å²) in [6.45, 7) is 9.08. The Labute approximate surface area is 175 Å². The van der Waals surface area contributed by atoms with E-state index in [0.29, 0.717) is 12.3 Å². The Bertz CT molecular complexity index is 534. The summed E-state index contributed by atoms with van der Waals surface area (Å²) in [5.41, 5.74) is -1.19. The maximum Gasteiger partial charge on any atom is 0.324 e. The van der Waals surface area contributed by atoms with Crippen LogP contribution >= 0.6 is 0 Å². The van der Waals surface area contributed by atoms with Crippen molar-refractivity contribution >= 4 is 11.9 Å². The molecule has 0 aromatic heterocycles. The third-order valence-corrected chi connectivity index (χ3v) is 5.85. The van der Waals surface area contributed by atoms with E-state index in [4.69, 9.17) is 18.9 Å². The summed E-state index contributed by atoms with van der Waals surface area (Å²) >= 11 is 0. The third kappa shape index (κ3) is 6.29. The monoisotopic (exact) mass is 410 g/mol. The van der Waals surface area contributed by atoms with Gasteiger partial charge in [0.1, 0.15) is 0 Å². The predicted molar refractivity (Wildman–Crippen MR) is 110 cm³/mol. The number of rotatable bonds is 12. The molecule has 29 heavy (non-hydrogen) atoms. The molecule has 0 radical (unpaired) electrons. The number of ether oxygens (including phenoxy) is 4. The molecule has 0 aromatic rings. The molecule has 1 heterocycles. The second-order valence-corrected chi connectivity index (χ2v) is 8.12.